The molecule has 42 heavy (non-hydrogen) atoms. The lowest BCUT2D eigenvalue weighted by Gasteiger charge is -2.27. The third-order valence-corrected chi connectivity index (χ3v) is 8.53. The fourth-order valence-electron chi connectivity index (χ4n) is 6.63. The van der Waals surface area contributed by atoms with E-state index in [0.717, 1.165) is 25.7 Å². The predicted molar refractivity (Wildman–Crippen MR) is 150 cm³/mol. The molecule has 3 aromatic rings. The zero-order valence-corrected chi connectivity index (χ0v) is 23.5. The normalized spacial score (nSPS) is 26.2. The molecular formula is C29H35N7O6. The Morgan fingerprint density at radius 3 is 2.57 bits per heavy atom. The van der Waals surface area contributed by atoms with Crippen molar-refractivity contribution in [2.24, 2.45) is 0 Å². The molecule has 7 rings (SSSR count). The topological polar surface area (TPSA) is 151 Å². The zero-order chi connectivity index (χ0) is 28.7. The SMILES string of the molecule is CCNC(=O)OC[C@H]1O[C@@H](n2cnc3c(NC(=O)NC4CCCCC4)ncnc32)C2OC3(Cc4ccccc4C3)OC21. The fourth-order valence-corrected chi connectivity index (χ4v) is 6.63. The van der Waals surface area contributed by atoms with Gasteiger partial charge in [-0.15, -0.1) is 0 Å². The van der Waals surface area contributed by atoms with Crippen LogP contribution in [0.2, 0.25) is 0 Å². The summed E-state index contributed by atoms with van der Waals surface area (Å²) in [7, 11) is 0. The molecule has 222 valence electrons. The van der Waals surface area contributed by atoms with Crippen LogP contribution in [0, 0.1) is 0 Å². The second kappa shape index (κ2) is 11.1. The van der Waals surface area contributed by atoms with Crippen LogP contribution in [0.5, 0.6) is 0 Å². The zero-order valence-electron chi connectivity index (χ0n) is 23.5. The average Bonchev–Trinajstić information content (AvgIpc) is 3.74. The maximum atomic E-state index is 12.8. The summed E-state index contributed by atoms with van der Waals surface area (Å²) in [5, 5.41) is 8.53. The maximum absolute atomic E-state index is 12.8. The first-order valence-electron chi connectivity index (χ1n) is 14.8. The van der Waals surface area contributed by atoms with Crippen molar-refractivity contribution in [1.82, 2.24) is 30.2 Å². The number of rotatable bonds is 6. The fraction of sp³-hybridized carbons (Fsp3) is 0.552. The molecule has 2 unspecified atom stereocenters. The highest BCUT2D eigenvalue weighted by Gasteiger charge is 2.60. The molecule has 0 bridgehead atoms. The van der Waals surface area contributed by atoms with Gasteiger partial charge in [0, 0.05) is 25.4 Å². The Labute approximate surface area is 242 Å². The van der Waals surface area contributed by atoms with E-state index in [1.807, 2.05) is 19.1 Å². The highest BCUT2D eigenvalue weighted by Crippen LogP contribution is 2.49. The molecule has 1 saturated carbocycles. The number of urea groups is 1. The lowest BCUT2D eigenvalue weighted by molar-refractivity contribution is -0.213. The summed E-state index contributed by atoms with van der Waals surface area (Å²) >= 11 is 0. The molecule has 1 aromatic carbocycles. The van der Waals surface area contributed by atoms with Gasteiger partial charge in [-0.2, -0.15) is 0 Å². The highest BCUT2D eigenvalue weighted by atomic mass is 16.8. The van der Waals surface area contributed by atoms with Crippen molar-refractivity contribution in [3.63, 3.8) is 0 Å². The molecule has 2 aromatic heterocycles. The molecule has 4 atom stereocenters. The quantitative estimate of drug-likeness (QED) is 0.401. The summed E-state index contributed by atoms with van der Waals surface area (Å²) < 4.78 is 27.0. The Bertz CT molecular complexity index is 1450. The number of alkyl carbamates (subject to hydrolysis) is 1. The molecule has 13 heteroatoms. The van der Waals surface area contributed by atoms with E-state index in [1.165, 1.54) is 23.9 Å². The number of benzene rings is 1. The van der Waals surface area contributed by atoms with E-state index in [2.05, 4.69) is 43.0 Å². The number of carbonyl (C=O) groups is 2. The van der Waals surface area contributed by atoms with Gasteiger partial charge in [-0.25, -0.2) is 24.5 Å². The summed E-state index contributed by atoms with van der Waals surface area (Å²) in [5.41, 5.74) is 3.29. The number of amides is 3. The number of fused-ring (bicyclic) bond motifs is 3. The number of nitrogens with one attached hydrogen (secondary N) is 3. The smallest absolute Gasteiger partial charge is 0.407 e. The molecule has 0 radical (unpaired) electrons. The predicted octanol–water partition coefficient (Wildman–Crippen LogP) is 3.20. The van der Waals surface area contributed by atoms with Gasteiger partial charge >= 0.3 is 12.1 Å². The monoisotopic (exact) mass is 577 g/mol. The van der Waals surface area contributed by atoms with E-state index < -0.39 is 36.4 Å². The van der Waals surface area contributed by atoms with Crippen LogP contribution in [-0.4, -0.2) is 74.9 Å². The van der Waals surface area contributed by atoms with Crippen molar-refractivity contribution in [3.05, 3.63) is 48.0 Å². The summed E-state index contributed by atoms with van der Waals surface area (Å²) in [5.74, 6) is -0.524. The van der Waals surface area contributed by atoms with Crippen molar-refractivity contribution in [2.45, 2.75) is 88.2 Å². The second-order valence-corrected chi connectivity index (χ2v) is 11.4. The number of hydrogen-bond acceptors (Lipinski definition) is 9. The number of anilines is 1. The molecule has 3 N–H and O–H groups in total. The minimum absolute atomic E-state index is 0.00829. The van der Waals surface area contributed by atoms with Gasteiger partial charge < -0.3 is 29.6 Å². The number of nitrogens with zero attached hydrogens (tertiary/aromatic N) is 4. The Morgan fingerprint density at radius 2 is 1.81 bits per heavy atom. The molecule has 4 aliphatic rings. The molecule has 1 spiro atoms. The minimum Gasteiger partial charge on any atom is -0.447 e. The van der Waals surface area contributed by atoms with E-state index in [1.54, 1.807) is 10.9 Å². The van der Waals surface area contributed by atoms with Gasteiger partial charge in [0.2, 0.25) is 0 Å². The van der Waals surface area contributed by atoms with Crippen molar-refractivity contribution in [1.29, 1.82) is 0 Å². The van der Waals surface area contributed by atoms with Crippen LogP contribution < -0.4 is 16.0 Å². The Morgan fingerprint density at radius 1 is 1.05 bits per heavy atom. The number of carbonyl (C=O) groups excluding carboxylic acids is 2. The van der Waals surface area contributed by atoms with E-state index in [9.17, 15) is 9.59 Å². The molecule has 3 amide bonds. The molecular weight excluding hydrogens is 542 g/mol. The van der Waals surface area contributed by atoms with Crippen LogP contribution in [0.15, 0.2) is 36.9 Å². The molecule has 3 fully saturated rings. The lowest BCUT2D eigenvalue weighted by Crippen LogP contribution is -2.39. The van der Waals surface area contributed by atoms with Gasteiger partial charge in [-0.1, -0.05) is 43.5 Å². The Kier molecular flexibility index (Phi) is 7.16. The third kappa shape index (κ3) is 5.05. The van der Waals surface area contributed by atoms with Gasteiger partial charge in [0.1, 0.15) is 31.2 Å². The minimum atomic E-state index is -0.833. The van der Waals surface area contributed by atoms with Crippen molar-refractivity contribution in [2.75, 3.05) is 18.5 Å². The summed E-state index contributed by atoms with van der Waals surface area (Å²) in [6.45, 7) is 2.27. The standard InChI is InChI=1S/C29H35N7O6/c1-2-30-28(38)39-14-20-22-23(42-29(41-22)12-17-8-6-7-9-18(17)13-29)26(40-20)36-16-33-21-24(31-15-32-25(21)36)35-27(37)34-19-10-4-3-5-11-19/h6-9,15-16,19-20,22-23,26H,2-5,10-14H2,1H3,(H,30,38)(H2,31,32,34,35,37)/t20-,22?,23?,26-/m1/s1. The van der Waals surface area contributed by atoms with Crippen LogP contribution in [-0.2, 0) is 31.8 Å². The largest absolute Gasteiger partial charge is 0.447 e. The number of imidazole rings is 1. The third-order valence-electron chi connectivity index (χ3n) is 8.53. The Hall–Kier alpha value is -3.81. The van der Waals surface area contributed by atoms with Gasteiger partial charge in [0.05, 0.1) is 6.33 Å². The maximum Gasteiger partial charge on any atom is 0.407 e. The first-order chi connectivity index (χ1) is 20.5. The summed E-state index contributed by atoms with van der Waals surface area (Å²) in [6.07, 6.45) is 6.85. The van der Waals surface area contributed by atoms with Crippen molar-refractivity contribution >= 4 is 29.1 Å². The van der Waals surface area contributed by atoms with Crippen LogP contribution >= 0.6 is 0 Å². The summed E-state index contributed by atoms with van der Waals surface area (Å²) in [6, 6.07) is 8.06. The number of hydrogen-bond donors (Lipinski definition) is 3. The van der Waals surface area contributed by atoms with Gasteiger partial charge in [-0.05, 0) is 30.9 Å². The van der Waals surface area contributed by atoms with E-state index in [-0.39, 0.29) is 18.7 Å². The van der Waals surface area contributed by atoms with Gasteiger partial charge in [0.25, 0.3) is 0 Å². The lowest BCUT2D eigenvalue weighted by atomic mass is 9.96. The molecule has 2 aliphatic heterocycles. The van der Waals surface area contributed by atoms with Crippen LogP contribution in [0.4, 0.5) is 15.4 Å². The van der Waals surface area contributed by atoms with Crippen LogP contribution in [0.25, 0.3) is 11.2 Å². The molecule has 2 saturated heterocycles. The first kappa shape index (κ1) is 27.0. The Balaban J connectivity index is 1.14. The van der Waals surface area contributed by atoms with Gasteiger partial charge in [-0.3, -0.25) is 9.88 Å². The van der Waals surface area contributed by atoms with Crippen LogP contribution in [0.3, 0.4) is 0 Å². The van der Waals surface area contributed by atoms with E-state index in [0.29, 0.717) is 36.4 Å². The number of aromatic nitrogens is 4. The highest BCUT2D eigenvalue weighted by molar-refractivity contribution is 5.96. The first-order valence-corrected chi connectivity index (χ1v) is 14.8. The average molecular weight is 578 g/mol. The van der Waals surface area contributed by atoms with Gasteiger partial charge in [0.15, 0.2) is 29.0 Å². The van der Waals surface area contributed by atoms with E-state index >= 15 is 0 Å². The summed E-state index contributed by atoms with van der Waals surface area (Å²) in [4.78, 5) is 38.2. The second-order valence-electron chi connectivity index (χ2n) is 11.4. The molecule has 2 aliphatic carbocycles. The molecule has 13 nitrogen and oxygen atoms in total. The van der Waals surface area contributed by atoms with E-state index in [4.69, 9.17) is 18.9 Å². The molecule has 4 heterocycles. The van der Waals surface area contributed by atoms with Crippen molar-refractivity contribution < 1.29 is 28.5 Å². The van der Waals surface area contributed by atoms with Crippen molar-refractivity contribution in [3.8, 4) is 0 Å². The number of ether oxygens (including phenoxy) is 4. The van der Waals surface area contributed by atoms with Crippen LogP contribution in [0.1, 0.15) is 56.4 Å².